The lowest BCUT2D eigenvalue weighted by Crippen LogP contribution is -2.04. The summed E-state index contributed by atoms with van der Waals surface area (Å²) in [6.45, 7) is 3.35. The van der Waals surface area contributed by atoms with Crippen LogP contribution in [0.2, 0.25) is 0 Å². The maximum absolute atomic E-state index is 11.1. The van der Waals surface area contributed by atoms with Crippen molar-refractivity contribution < 1.29 is 9.52 Å². The average Bonchev–Trinajstić information content (AvgIpc) is 2.13. The molecule has 0 aliphatic carbocycles. The average molecular weight is 180 g/mol. The molecule has 1 rings (SSSR count). The van der Waals surface area contributed by atoms with Crippen LogP contribution in [-0.2, 0) is 0 Å². The van der Waals surface area contributed by atoms with Gasteiger partial charge in [-0.05, 0) is 26.0 Å². The quantitative estimate of drug-likeness (QED) is 0.747. The summed E-state index contributed by atoms with van der Waals surface area (Å²) in [4.78, 5) is 11.1. The lowest BCUT2D eigenvalue weighted by Gasteiger charge is -2.01. The van der Waals surface area contributed by atoms with Crippen molar-refractivity contribution in [3.8, 4) is 0 Å². The molecule has 3 nitrogen and oxygen atoms in total. The molecular weight excluding hydrogens is 168 g/mol. The molecule has 0 saturated carbocycles. The van der Waals surface area contributed by atoms with Gasteiger partial charge in [0.05, 0.1) is 6.61 Å². The van der Waals surface area contributed by atoms with Crippen LogP contribution in [0.4, 0.5) is 0 Å². The Bertz CT molecular complexity index is 374. The van der Waals surface area contributed by atoms with E-state index in [1.807, 2.05) is 0 Å². The molecular formula is C10H12O3. The van der Waals surface area contributed by atoms with Gasteiger partial charge < -0.3 is 9.52 Å². The van der Waals surface area contributed by atoms with E-state index in [2.05, 4.69) is 0 Å². The highest BCUT2D eigenvalue weighted by atomic mass is 16.4. The maximum Gasteiger partial charge on any atom is 0.339 e. The predicted octanol–water partition coefficient (Wildman–Crippen LogP) is 1.34. The Labute approximate surface area is 76.3 Å². The van der Waals surface area contributed by atoms with Crippen molar-refractivity contribution in [2.75, 3.05) is 6.61 Å². The monoisotopic (exact) mass is 180 g/mol. The molecule has 0 amide bonds. The van der Waals surface area contributed by atoms with Crippen LogP contribution in [0.1, 0.15) is 18.2 Å². The Morgan fingerprint density at radius 2 is 2.31 bits per heavy atom. The van der Waals surface area contributed by atoms with Crippen LogP contribution in [0.3, 0.4) is 0 Å². The van der Waals surface area contributed by atoms with Gasteiger partial charge in [-0.2, -0.15) is 0 Å². The number of hydrogen-bond acceptors (Lipinski definition) is 3. The minimum absolute atomic E-state index is 0.123. The third-order valence-electron chi connectivity index (χ3n) is 1.84. The first kappa shape index (κ1) is 9.74. The first-order chi connectivity index (χ1) is 6.19. The fraction of sp³-hybridized carbons (Fsp3) is 0.300. The SMILES string of the molecule is C/C=C(\CO)c1ccc(C)c(=O)o1. The Morgan fingerprint density at radius 3 is 2.77 bits per heavy atom. The highest BCUT2D eigenvalue weighted by molar-refractivity contribution is 5.61. The predicted molar refractivity (Wildman–Crippen MR) is 50.5 cm³/mol. The summed E-state index contributed by atoms with van der Waals surface area (Å²) in [5.41, 5.74) is 0.833. The van der Waals surface area contributed by atoms with Crippen molar-refractivity contribution in [1.29, 1.82) is 0 Å². The lowest BCUT2D eigenvalue weighted by molar-refractivity contribution is 0.344. The molecule has 0 atom stereocenters. The topological polar surface area (TPSA) is 50.4 Å². The molecule has 0 aliphatic heterocycles. The van der Waals surface area contributed by atoms with Gasteiger partial charge in [-0.3, -0.25) is 0 Å². The zero-order valence-corrected chi connectivity index (χ0v) is 7.70. The number of aliphatic hydroxyl groups excluding tert-OH is 1. The second kappa shape index (κ2) is 4.05. The van der Waals surface area contributed by atoms with Crippen LogP contribution in [0.25, 0.3) is 5.57 Å². The van der Waals surface area contributed by atoms with Gasteiger partial charge >= 0.3 is 5.63 Å². The molecule has 0 aromatic carbocycles. The van der Waals surface area contributed by atoms with Gasteiger partial charge in [0.15, 0.2) is 0 Å². The van der Waals surface area contributed by atoms with Gasteiger partial charge in [-0.25, -0.2) is 4.79 Å². The molecule has 0 spiro atoms. The molecule has 0 fully saturated rings. The van der Waals surface area contributed by atoms with E-state index in [0.717, 1.165) is 0 Å². The highest BCUT2D eigenvalue weighted by Crippen LogP contribution is 2.11. The zero-order valence-electron chi connectivity index (χ0n) is 7.70. The number of allylic oxidation sites excluding steroid dienone is 1. The van der Waals surface area contributed by atoms with Crippen LogP contribution in [0.15, 0.2) is 27.4 Å². The summed E-state index contributed by atoms with van der Waals surface area (Å²) in [7, 11) is 0. The molecule has 0 aliphatic rings. The number of hydrogen-bond donors (Lipinski definition) is 1. The second-order valence-electron chi connectivity index (χ2n) is 2.74. The minimum atomic E-state index is -0.356. The molecule has 0 saturated heterocycles. The highest BCUT2D eigenvalue weighted by Gasteiger charge is 2.03. The van der Waals surface area contributed by atoms with E-state index in [1.54, 1.807) is 32.1 Å². The van der Waals surface area contributed by atoms with E-state index in [9.17, 15) is 4.79 Å². The summed E-state index contributed by atoms with van der Waals surface area (Å²) in [6.07, 6.45) is 1.72. The normalized spacial score (nSPS) is 11.8. The molecule has 1 aromatic heterocycles. The van der Waals surface area contributed by atoms with Gasteiger partial charge in [-0.15, -0.1) is 0 Å². The van der Waals surface area contributed by atoms with Crippen molar-refractivity contribution in [2.24, 2.45) is 0 Å². The van der Waals surface area contributed by atoms with E-state index >= 15 is 0 Å². The third kappa shape index (κ3) is 2.06. The van der Waals surface area contributed by atoms with Gasteiger partial charge in [0.1, 0.15) is 5.76 Å². The van der Waals surface area contributed by atoms with Crippen LogP contribution in [-0.4, -0.2) is 11.7 Å². The Hall–Kier alpha value is -1.35. The zero-order chi connectivity index (χ0) is 9.84. The van der Waals surface area contributed by atoms with Crippen molar-refractivity contribution in [1.82, 2.24) is 0 Å². The summed E-state index contributed by atoms with van der Waals surface area (Å²) >= 11 is 0. The number of aliphatic hydroxyl groups is 1. The van der Waals surface area contributed by atoms with E-state index in [0.29, 0.717) is 16.9 Å². The van der Waals surface area contributed by atoms with E-state index in [1.165, 1.54) is 0 Å². The van der Waals surface area contributed by atoms with Gasteiger partial charge in [0.25, 0.3) is 0 Å². The van der Waals surface area contributed by atoms with Crippen molar-refractivity contribution in [2.45, 2.75) is 13.8 Å². The summed E-state index contributed by atoms with van der Waals surface area (Å²) < 4.78 is 4.97. The summed E-state index contributed by atoms with van der Waals surface area (Å²) in [5, 5.41) is 8.91. The Morgan fingerprint density at radius 1 is 1.62 bits per heavy atom. The van der Waals surface area contributed by atoms with Crippen LogP contribution < -0.4 is 5.63 Å². The van der Waals surface area contributed by atoms with Crippen molar-refractivity contribution >= 4 is 5.57 Å². The first-order valence-electron chi connectivity index (χ1n) is 4.06. The van der Waals surface area contributed by atoms with E-state index in [-0.39, 0.29) is 12.2 Å². The standard InChI is InChI=1S/C10H12O3/c1-3-8(6-11)9-5-4-7(2)10(12)13-9/h3-5,11H,6H2,1-2H3/b8-3+. The largest absolute Gasteiger partial charge is 0.423 e. The minimum Gasteiger partial charge on any atom is -0.423 e. The van der Waals surface area contributed by atoms with Crippen LogP contribution in [0.5, 0.6) is 0 Å². The molecule has 0 bridgehead atoms. The van der Waals surface area contributed by atoms with Crippen molar-refractivity contribution in [3.05, 3.63) is 40.0 Å². The smallest absolute Gasteiger partial charge is 0.339 e. The fourth-order valence-electron chi connectivity index (χ4n) is 0.967. The summed E-state index contributed by atoms with van der Waals surface area (Å²) in [6, 6.07) is 3.36. The molecule has 0 unspecified atom stereocenters. The van der Waals surface area contributed by atoms with Gasteiger partial charge in [0.2, 0.25) is 0 Å². The molecule has 1 N–H and O–H groups in total. The van der Waals surface area contributed by atoms with E-state index in [4.69, 9.17) is 9.52 Å². The number of aryl methyl sites for hydroxylation is 1. The van der Waals surface area contributed by atoms with E-state index < -0.39 is 0 Å². The third-order valence-corrected chi connectivity index (χ3v) is 1.84. The van der Waals surface area contributed by atoms with Crippen molar-refractivity contribution in [3.63, 3.8) is 0 Å². The molecule has 1 heterocycles. The Kier molecular flexibility index (Phi) is 3.03. The molecule has 13 heavy (non-hydrogen) atoms. The number of rotatable bonds is 2. The first-order valence-corrected chi connectivity index (χ1v) is 4.06. The fourth-order valence-corrected chi connectivity index (χ4v) is 0.967. The second-order valence-corrected chi connectivity index (χ2v) is 2.74. The maximum atomic E-state index is 11.1. The van der Waals surface area contributed by atoms with Crippen LogP contribution >= 0.6 is 0 Å². The molecule has 0 radical (unpaired) electrons. The lowest BCUT2D eigenvalue weighted by atomic mass is 10.2. The van der Waals surface area contributed by atoms with Gasteiger partial charge in [0, 0.05) is 11.1 Å². The molecule has 70 valence electrons. The van der Waals surface area contributed by atoms with Gasteiger partial charge in [-0.1, -0.05) is 6.08 Å². The summed E-state index contributed by atoms with van der Waals surface area (Å²) in [5.74, 6) is 0.431. The Balaban J connectivity index is 3.18. The molecule has 3 heteroatoms. The van der Waals surface area contributed by atoms with Crippen LogP contribution in [0, 0.1) is 6.92 Å². The molecule has 1 aromatic rings.